The number of fused-ring (bicyclic) bond motifs is 14. The third-order valence-electron chi connectivity index (χ3n) is 23.1. The average molecular weight is 2150 g/mol. The molecule has 0 radical (unpaired) electrons. The largest absolute Gasteiger partial charge is 0.522 e. The third kappa shape index (κ3) is 34.2. The summed E-state index contributed by atoms with van der Waals surface area (Å²) in [6, 6.07) is 59.3. The molecule has 11 aromatic rings. The molecule has 768 valence electrons. The molecule has 140 heavy (non-hydrogen) atoms. The molecule has 19 rings (SSSR count). The molecule has 22 nitrogen and oxygen atoms in total. The third-order valence-corrected chi connectivity index (χ3v) is 28.8. The summed E-state index contributed by atoms with van der Waals surface area (Å²) >= 11 is 14.5. The second-order valence-corrected chi connectivity index (χ2v) is 41.2. The normalized spacial score (nSPS) is 17.5. The van der Waals surface area contributed by atoms with Crippen molar-refractivity contribution in [2.45, 2.75) is 200 Å². The Labute approximate surface area is 871 Å². The first kappa shape index (κ1) is 123. The van der Waals surface area contributed by atoms with Gasteiger partial charge in [0.2, 0.25) is 0 Å². The number of carbonyl (C=O) groups is 4. The van der Waals surface area contributed by atoms with E-state index in [1.165, 1.54) is 119 Å². The zero-order chi connectivity index (χ0) is 97.6. The molecule has 5 aliphatic heterocycles. The van der Waals surface area contributed by atoms with Crippen LogP contribution in [0.15, 0.2) is 203 Å². The second-order valence-electron chi connectivity index (χ2n) is 34.5. The molecule has 11 N–H and O–H groups in total. The lowest BCUT2D eigenvalue weighted by Gasteiger charge is -2.26. The van der Waals surface area contributed by atoms with E-state index in [-0.39, 0.29) is 144 Å². The molecule has 0 fully saturated rings. The maximum absolute atomic E-state index is 11.7. The van der Waals surface area contributed by atoms with Crippen LogP contribution in [0.4, 0.5) is 27.6 Å². The lowest BCUT2D eigenvalue weighted by Crippen LogP contribution is -2.36. The van der Waals surface area contributed by atoms with Gasteiger partial charge in [0, 0.05) is 104 Å². The van der Waals surface area contributed by atoms with Crippen LogP contribution in [0.2, 0.25) is 0 Å². The standard InChI is InChI=1S/C18H19NO3.C18H17NO3.C15H11ClO2.3C10H14OS.2C9H13NOS.C3H9NO.CHF3O3S.CH4.4ClH/c2*1-12(10-20)19-18(21)22-11-17-15-8-4-2-6-13(15)14-7-3-5-9-16(14)17;16-15(17)18-9-14-12-7-3-1-5-10(12)11-6-2-4-8-13(11)14;3*1-7(2)10-8-4-6-12-9(8)3-5-11-10;2*1-6(10)9-7-3-5-12-8(7)2-4-11-9;1-3(4)2-5;2-1(3,4)8(5,6)7;;;;;/h2-9,12,17,20H,10-11H2,1H3,(H,19,21);2-10,12,17H,11H2,1H3,(H,19,21);1-8,14H,9H2;3*4,6-7,10H,3,5H2,1-2H3;2*3,5-6,9H,2,4,10H2,1H3;3,5H,2,4H2,1H3;(H,5,6,7);1H4;4*1H/t2*12-;;2*10-;;6-,9+;6-,9-;3-;;;;;;/m00.10.000....../s1. The van der Waals surface area contributed by atoms with Crippen LogP contribution in [0.3, 0.4) is 0 Å². The maximum Gasteiger partial charge on any atom is 0.522 e. The number of halogens is 8. The van der Waals surface area contributed by atoms with Crippen molar-refractivity contribution in [3.8, 4) is 33.4 Å². The van der Waals surface area contributed by atoms with Crippen LogP contribution < -0.4 is 27.8 Å². The van der Waals surface area contributed by atoms with E-state index in [4.69, 9.17) is 89.9 Å². The van der Waals surface area contributed by atoms with Gasteiger partial charge in [-0.2, -0.15) is 21.6 Å². The first-order valence-electron chi connectivity index (χ1n) is 45.2. The van der Waals surface area contributed by atoms with E-state index in [1.54, 1.807) is 20.8 Å². The summed E-state index contributed by atoms with van der Waals surface area (Å²) in [7, 11) is -5.84. The van der Waals surface area contributed by atoms with Crippen LogP contribution in [0, 0.1) is 17.8 Å². The van der Waals surface area contributed by atoms with Crippen LogP contribution in [0.25, 0.3) is 33.4 Å². The molecule has 10 atom stereocenters. The Hall–Kier alpha value is -7.75. The number of aliphatic hydroxyl groups is 2. The first-order valence-corrected chi connectivity index (χ1v) is 51.5. The van der Waals surface area contributed by atoms with Gasteiger partial charge in [0.15, 0.2) is 0 Å². The maximum atomic E-state index is 11.7. The molecule has 2 amide bonds. The number of alkyl carbamates (subject to hydrolysis) is 2. The van der Waals surface area contributed by atoms with Gasteiger partial charge in [0.25, 0.3) is 0 Å². The van der Waals surface area contributed by atoms with Crippen molar-refractivity contribution in [1.29, 1.82) is 0 Å². The molecule has 8 aliphatic rings. The number of alkyl halides is 3. The lowest BCUT2D eigenvalue weighted by atomic mass is 9.97. The van der Waals surface area contributed by atoms with Gasteiger partial charge in [0.1, 0.15) is 26.1 Å². The van der Waals surface area contributed by atoms with E-state index in [1.807, 2.05) is 143 Å². The summed E-state index contributed by atoms with van der Waals surface area (Å²) in [5, 5.41) is 32.8. The van der Waals surface area contributed by atoms with Crippen LogP contribution in [0.5, 0.6) is 0 Å². The molecule has 1 unspecified atom stereocenters. The van der Waals surface area contributed by atoms with Gasteiger partial charge in [-0.05, 0) is 204 Å². The monoisotopic (exact) mass is 2150 g/mol. The predicted octanol–water partition coefficient (Wildman–Crippen LogP) is 24.7. The quantitative estimate of drug-likeness (QED) is 0.0146. The summed E-state index contributed by atoms with van der Waals surface area (Å²) in [6.45, 7) is 27.5. The van der Waals surface area contributed by atoms with Crippen molar-refractivity contribution < 1.29 is 93.4 Å². The highest BCUT2D eigenvalue weighted by atomic mass is 35.5. The summed E-state index contributed by atoms with van der Waals surface area (Å²) in [5.41, 5.74) is 31.6. The van der Waals surface area contributed by atoms with Crippen molar-refractivity contribution in [1.82, 2.24) is 10.6 Å². The summed E-state index contributed by atoms with van der Waals surface area (Å²) in [6.07, 6.45) is 6.32. The minimum Gasteiger partial charge on any atom is -0.453 e. The number of hydrogen-bond donors (Lipinski definition) is 8. The fraction of sp³-hybridized carbons (Fsp3) is 0.423. The highest BCUT2D eigenvalue weighted by molar-refractivity contribution is 7.86. The highest BCUT2D eigenvalue weighted by Gasteiger charge is 2.45. The number of aldehydes is 1. The summed E-state index contributed by atoms with van der Waals surface area (Å²) < 4.78 is 102. The van der Waals surface area contributed by atoms with Gasteiger partial charge >= 0.3 is 33.2 Å². The Kier molecular flexibility index (Phi) is 52.8. The van der Waals surface area contributed by atoms with Crippen LogP contribution in [0.1, 0.15) is 217 Å². The number of thiophene rings is 5. The van der Waals surface area contributed by atoms with Crippen LogP contribution >= 0.6 is 118 Å². The fourth-order valence-corrected chi connectivity index (χ4v) is 21.3. The molecular weight excluding hydrogens is 2020 g/mol. The van der Waals surface area contributed by atoms with E-state index in [0.29, 0.717) is 42.4 Å². The van der Waals surface area contributed by atoms with Crippen molar-refractivity contribution >= 4 is 152 Å². The van der Waals surface area contributed by atoms with E-state index in [0.717, 1.165) is 65.1 Å². The number of nitrogens with one attached hydrogen (secondary N) is 2. The van der Waals surface area contributed by atoms with Crippen molar-refractivity contribution in [2.75, 3.05) is 66.1 Å². The average Bonchev–Trinajstić information content (AvgIpc) is 1.62. The summed E-state index contributed by atoms with van der Waals surface area (Å²) in [4.78, 5) is 52.3. The molecular formula is C104H133Cl5F3N5O17S6. The van der Waals surface area contributed by atoms with E-state index in [2.05, 4.69) is 182 Å². The molecule has 10 heterocycles. The van der Waals surface area contributed by atoms with E-state index < -0.39 is 39.3 Å². The molecule has 5 aromatic heterocycles. The zero-order valence-electron chi connectivity index (χ0n) is 79.4. The molecule has 6 aromatic carbocycles. The minimum absolute atomic E-state index is 0. The summed E-state index contributed by atoms with van der Waals surface area (Å²) in [5.74, 6) is 1.96. The second kappa shape index (κ2) is 60.2. The number of hydrogen-bond acceptors (Lipinski definition) is 24. The Morgan fingerprint density at radius 1 is 0.407 bits per heavy atom. The Balaban J connectivity index is 0.000000279. The number of carbonyl (C=O) groups excluding carboxylic acids is 4. The van der Waals surface area contributed by atoms with E-state index >= 15 is 0 Å². The van der Waals surface area contributed by atoms with Crippen molar-refractivity contribution in [2.24, 2.45) is 35.0 Å². The Morgan fingerprint density at radius 3 is 0.836 bits per heavy atom. The van der Waals surface area contributed by atoms with Crippen LogP contribution in [-0.4, -0.2) is 149 Å². The Morgan fingerprint density at radius 2 is 0.629 bits per heavy atom. The SMILES string of the molecule is C.CC(C)C1OCCc2sccc21.CC(C)[C@@H]1OCCc2sccc21.CC(C)[C@H]1OCCc2sccc21.C[C@@H](C=O)NC(=O)OCC1c2ccccc2-c2ccccc21.C[C@@H](CO)NC(=O)OCC1c2ccccc2-c2ccccc21.C[C@H](N)CO.C[C@H](N)[C@@H]1OCCc2sccc21.C[C@H](N)[C@H]1OCCc2sccc21.Cl.Cl.Cl.Cl.O=C(Cl)OCC1c2ccccc2-c2ccccc21.O=S(=O)(O)C(F)(F)F. The molecule has 36 heteroatoms. The van der Waals surface area contributed by atoms with E-state index in [9.17, 15) is 32.3 Å². The van der Waals surface area contributed by atoms with Gasteiger partial charge < -0.3 is 80.7 Å². The van der Waals surface area contributed by atoms with Crippen LogP contribution in [-0.2, 0) is 84.9 Å². The number of amides is 2. The zero-order valence-corrected chi connectivity index (χ0v) is 88.4. The minimum atomic E-state index is -5.84. The van der Waals surface area contributed by atoms with Crippen molar-refractivity contribution in [3.05, 3.63) is 288 Å². The fourth-order valence-electron chi connectivity index (χ4n) is 16.7. The van der Waals surface area contributed by atoms with Gasteiger partial charge in [-0.3, -0.25) is 4.55 Å². The number of benzene rings is 6. The predicted molar refractivity (Wildman–Crippen MR) is 569 cm³/mol. The first-order chi connectivity index (χ1) is 64.6. The number of rotatable bonds is 16. The smallest absolute Gasteiger partial charge is 0.453 e. The van der Waals surface area contributed by atoms with Gasteiger partial charge in [-0.1, -0.05) is 195 Å². The molecule has 3 aliphatic carbocycles. The van der Waals surface area contributed by atoms with Gasteiger partial charge in [0.05, 0.1) is 88.9 Å². The Bertz CT molecular complexity index is 5240. The molecule has 0 saturated carbocycles. The number of nitrogens with two attached hydrogens (primary N) is 3. The lowest BCUT2D eigenvalue weighted by molar-refractivity contribution is -0.109. The molecule has 0 saturated heterocycles. The highest BCUT2D eigenvalue weighted by Crippen LogP contribution is 2.49. The topological polar surface area (TPSA) is 339 Å². The van der Waals surface area contributed by atoms with Crippen molar-refractivity contribution in [3.63, 3.8) is 0 Å². The molecule has 0 spiro atoms. The molecule has 0 bridgehead atoms. The number of ether oxygens (including phenoxy) is 8. The number of aliphatic hydroxyl groups excluding tert-OH is 2. The van der Waals surface area contributed by atoms with Gasteiger partial charge in [-0.15, -0.1) is 106 Å². The van der Waals surface area contributed by atoms with Gasteiger partial charge in [-0.25, -0.2) is 14.4 Å².